The van der Waals surface area contributed by atoms with Crippen LogP contribution in [0.5, 0.6) is 0 Å². The zero-order valence-electron chi connectivity index (χ0n) is 9.28. The van der Waals surface area contributed by atoms with E-state index in [-0.39, 0.29) is 5.76 Å². The van der Waals surface area contributed by atoms with Gasteiger partial charge in [-0.25, -0.2) is 4.79 Å². The molecule has 1 saturated heterocycles. The summed E-state index contributed by atoms with van der Waals surface area (Å²) in [5, 5.41) is 14.0. The Morgan fingerprint density at radius 2 is 2.29 bits per heavy atom. The number of allylic oxidation sites excluding steroid dienone is 2. The van der Waals surface area contributed by atoms with Gasteiger partial charge in [-0.2, -0.15) is 0 Å². The Bertz CT molecular complexity index is 500. The van der Waals surface area contributed by atoms with E-state index in [9.17, 15) is 14.7 Å². The standard InChI is InChI=1S/C12H12N2O3/c1-3-8(15)5-6-11(4-2)7-12(11)9(16)13-10(17)14-12/h2-3,5-6,15H,7H2,1H3,(H2,13,14,16,17)/b6-5-,8-3+. The second-order valence-corrected chi connectivity index (χ2v) is 4.15. The molecule has 1 heterocycles. The third-order valence-electron chi connectivity index (χ3n) is 3.21. The first kappa shape index (κ1) is 11.3. The minimum absolute atomic E-state index is 0.0615. The van der Waals surface area contributed by atoms with E-state index in [0.29, 0.717) is 6.42 Å². The van der Waals surface area contributed by atoms with Crippen molar-refractivity contribution in [2.45, 2.75) is 18.9 Å². The number of amides is 3. The van der Waals surface area contributed by atoms with E-state index < -0.39 is 22.9 Å². The summed E-state index contributed by atoms with van der Waals surface area (Å²) in [4.78, 5) is 22.8. The van der Waals surface area contributed by atoms with E-state index in [1.54, 1.807) is 13.0 Å². The van der Waals surface area contributed by atoms with Gasteiger partial charge in [0, 0.05) is 6.42 Å². The quantitative estimate of drug-likeness (QED) is 0.282. The average molecular weight is 232 g/mol. The first-order valence-electron chi connectivity index (χ1n) is 5.15. The van der Waals surface area contributed by atoms with Crippen molar-refractivity contribution in [3.05, 3.63) is 24.0 Å². The number of hydrogen-bond donors (Lipinski definition) is 3. The summed E-state index contributed by atoms with van der Waals surface area (Å²) in [6.07, 6.45) is 10.3. The van der Waals surface area contributed by atoms with Crippen LogP contribution in [0.2, 0.25) is 0 Å². The molecule has 0 aromatic heterocycles. The van der Waals surface area contributed by atoms with Crippen molar-refractivity contribution >= 4 is 11.9 Å². The van der Waals surface area contributed by atoms with Crippen molar-refractivity contribution in [1.29, 1.82) is 0 Å². The van der Waals surface area contributed by atoms with E-state index in [0.717, 1.165) is 0 Å². The molecule has 2 rings (SSSR count). The fourth-order valence-electron chi connectivity index (χ4n) is 2.05. The lowest BCUT2D eigenvalue weighted by Crippen LogP contribution is -2.37. The first-order valence-corrected chi connectivity index (χ1v) is 5.15. The molecular formula is C12H12N2O3. The molecule has 2 atom stereocenters. The third-order valence-corrected chi connectivity index (χ3v) is 3.21. The van der Waals surface area contributed by atoms with Gasteiger partial charge in [0.1, 0.15) is 11.3 Å². The molecule has 0 bridgehead atoms. The molecule has 1 spiro atoms. The van der Waals surface area contributed by atoms with E-state index in [4.69, 9.17) is 6.42 Å². The van der Waals surface area contributed by atoms with Crippen LogP contribution < -0.4 is 10.6 Å². The monoisotopic (exact) mass is 232 g/mol. The van der Waals surface area contributed by atoms with Crippen molar-refractivity contribution < 1.29 is 14.7 Å². The maximum Gasteiger partial charge on any atom is 0.322 e. The molecule has 2 fully saturated rings. The number of carbonyl (C=O) groups is 2. The van der Waals surface area contributed by atoms with Gasteiger partial charge in [0.25, 0.3) is 5.91 Å². The molecule has 5 nitrogen and oxygen atoms in total. The van der Waals surface area contributed by atoms with Gasteiger partial charge in [0.05, 0.1) is 5.41 Å². The second-order valence-electron chi connectivity index (χ2n) is 4.15. The predicted molar refractivity (Wildman–Crippen MR) is 60.8 cm³/mol. The van der Waals surface area contributed by atoms with Crippen LogP contribution in [0.3, 0.4) is 0 Å². The van der Waals surface area contributed by atoms with Gasteiger partial charge in [-0.05, 0) is 19.1 Å². The van der Waals surface area contributed by atoms with Crippen LogP contribution in [0.1, 0.15) is 13.3 Å². The van der Waals surface area contributed by atoms with Crippen LogP contribution >= 0.6 is 0 Å². The van der Waals surface area contributed by atoms with Crippen LogP contribution in [-0.2, 0) is 4.79 Å². The highest BCUT2D eigenvalue weighted by atomic mass is 16.3. The highest BCUT2D eigenvalue weighted by molar-refractivity contribution is 6.10. The fourth-order valence-corrected chi connectivity index (χ4v) is 2.05. The van der Waals surface area contributed by atoms with Crippen LogP contribution in [0.4, 0.5) is 4.79 Å². The van der Waals surface area contributed by atoms with Gasteiger partial charge in [-0.15, -0.1) is 6.42 Å². The van der Waals surface area contributed by atoms with E-state index in [1.165, 1.54) is 12.2 Å². The number of carbonyl (C=O) groups excluding carboxylic acids is 2. The van der Waals surface area contributed by atoms with Crippen LogP contribution in [0, 0.1) is 17.8 Å². The molecule has 1 aliphatic heterocycles. The van der Waals surface area contributed by atoms with Crippen molar-refractivity contribution in [3.63, 3.8) is 0 Å². The number of urea groups is 1. The van der Waals surface area contributed by atoms with Crippen molar-refractivity contribution in [3.8, 4) is 12.3 Å². The number of aliphatic hydroxyl groups is 1. The average Bonchev–Trinajstić information content (AvgIpc) is 2.85. The number of terminal acetylenes is 1. The maximum absolute atomic E-state index is 11.7. The van der Waals surface area contributed by atoms with Gasteiger partial charge < -0.3 is 10.4 Å². The SMILES string of the molecule is C#CC1(/C=C\C(O)=C/C)CC12NC(=O)NC2=O. The summed E-state index contributed by atoms with van der Waals surface area (Å²) < 4.78 is 0. The lowest BCUT2D eigenvalue weighted by Gasteiger charge is -2.10. The Labute approximate surface area is 98.6 Å². The Morgan fingerprint density at radius 3 is 2.76 bits per heavy atom. The lowest BCUT2D eigenvalue weighted by molar-refractivity contribution is -0.121. The Morgan fingerprint density at radius 1 is 1.59 bits per heavy atom. The molecule has 3 amide bonds. The Balaban J connectivity index is 2.28. The number of hydrogen-bond acceptors (Lipinski definition) is 3. The molecule has 5 heteroatoms. The van der Waals surface area contributed by atoms with E-state index in [2.05, 4.69) is 16.6 Å². The lowest BCUT2D eigenvalue weighted by atomic mass is 9.99. The third kappa shape index (κ3) is 1.41. The second kappa shape index (κ2) is 3.39. The molecule has 0 radical (unpaired) electrons. The topological polar surface area (TPSA) is 78.4 Å². The summed E-state index contributed by atoms with van der Waals surface area (Å²) in [7, 11) is 0. The Hall–Kier alpha value is -2.22. The van der Waals surface area contributed by atoms with Crippen LogP contribution in [0.15, 0.2) is 24.0 Å². The fraction of sp³-hybridized carbons (Fsp3) is 0.333. The smallest absolute Gasteiger partial charge is 0.322 e. The van der Waals surface area contributed by atoms with Crippen molar-refractivity contribution in [2.75, 3.05) is 0 Å². The summed E-state index contributed by atoms with van der Waals surface area (Å²) >= 11 is 0. The normalized spacial score (nSPS) is 35.9. The van der Waals surface area contributed by atoms with Gasteiger partial charge in [-0.3, -0.25) is 10.1 Å². The highest BCUT2D eigenvalue weighted by Gasteiger charge is 2.74. The van der Waals surface area contributed by atoms with Crippen molar-refractivity contribution in [1.82, 2.24) is 10.6 Å². The number of aliphatic hydroxyl groups excluding tert-OH is 1. The molecule has 0 aromatic carbocycles. The van der Waals surface area contributed by atoms with E-state index >= 15 is 0 Å². The first-order chi connectivity index (χ1) is 7.99. The minimum atomic E-state index is -1.04. The molecule has 88 valence electrons. The van der Waals surface area contributed by atoms with Gasteiger partial charge >= 0.3 is 6.03 Å². The number of rotatable bonds is 2. The van der Waals surface area contributed by atoms with E-state index in [1.807, 2.05) is 0 Å². The summed E-state index contributed by atoms with van der Waals surface area (Å²) in [6.45, 7) is 1.68. The van der Waals surface area contributed by atoms with Gasteiger partial charge in [0.15, 0.2) is 0 Å². The van der Waals surface area contributed by atoms with Crippen molar-refractivity contribution in [2.24, 2.45) is 5.41 Å². The van der Waals surface area contributed by atoms with Gasteiger partial charge in [0.2, 0.25) is 0 Å². The molecule has 1 saturated carbocycles. The number of imide groups is 1. The Kier molecular flexibility index (Phi) is 2.25. The molecule has 2 aliphatic rings. The zero-order chi connectivity index (χ0) is 12.7. The minimum Gasteiger partial charge on any atom is -0.508 e. The highest BCUT2D eigenvalue weighted by Crippen LogP contribution is 2.58. The molecule has 0 aromatic rings. The maximum atomic E-state index is 11.7. The molecule has 17 heavy (non-hydrogen) atoms. The molecule has 3 N–H and O–H groups in total. The zero-order valence-corrected chi connectivity index (χ0v) is 9.28. The summed E-state index contributed by atoms with van der Waals surface area (Å²) in [5.74, 6) is 2.16. The van der Waals surface area contributed by atoms with Crippen LogP contribution in [-0.4, -0.2) is 22.6 Å². The van der Waals surface area contributed by atoms with Crippen LogP contribution in [0.25, 0.3) is 0 Å². The predicted octanol–water partition coefficient (Wildman–Crippen LogP) is 0.606. The summed E-state index contributed by atoms with van der Waals surface area (Å²) in [6, 6.07) is -0.532. The molecule has 1 aliphatic carbocycles. The summed E-state index contributed by atoms with van der Waals surface area (Å²) in [5.41, 5.74) is -1.89. The number of nitrogens with one attached hydrogen (secondary N) is 2. The largest absolute Gasteiger partial charge is 0.508 e. The van der Waals surface area contributed by atoms with Gasteiger partial charge in [-0.1, -0.05) is 12.0 Å². The molecule has 2 unspecified atom stereocenters. The molecular weight excluding hydrogens is 220 g/mol.